The Hall–Kier alpha value is -4.18. The third-order valence-corrected chi connectivity index (χ3v) is 6.85. The molecular formula is C25H23N3O6S. The van der Waals surface area contributed by atoms with Crippen molar-refractivity contribution in [2.45, 2.75) is 25.0 Å². The molecule has 0 bridgehead atoms. The van der Waals surface area contributed by atoms with Gasteiger partial charge in [0.1, 0.15) is 5.75 Å². The van der Waals surface area contributed by atoms with Gasteiger partial charge >= 0.3 is 5.97 Å². The Bertz CT molecular complexity index is 1400. The summed E-state index contributed by atoms with van der Waals surface area (Å²) < 4.78 is 44.4. The molecule has 0 saturated carbocycles. The first-order valence-corrected chi connectivity index (χ1v) is 12.1. The monoisotopic (exact) mass is 493 g/mol. The SMILES string of the molecule is COc1ccc(N(Cc2ccccc2)S(=O)(=O)c2cccc(C(=O)OCc3nnc(C)o3)c2)cc1. The van der Waals surface area contributed by atoms with E-state index in [0.29, 0.717) is 17.3 Å². The predicted molar refractivity (Wildman–Crippen MR) is 127 cm³/mol. The zero-order valence-corrected chi connectivity index (χ0v) is 19.9. The lowest BCUT2D eigenvalue weighted by molar-refractivity contribution is 0.0436. The van der Waals surface area contributed by atoms with Gasteiger partial charge in [0.2, 0.25) is 5.89 Å². The Kier molecular flexibility index (Phi) is 7.11. The molecule has 0 unspecified atom stereocenters. The van der Waals surface area contributed by atoms with Crippen LogP contribution in [0, 0.1) is 6.92 Å². The number of ether oxygens (including phenoxy) is 2. The molecule has 4 aromatic rings. The zero-order valence-electron chi connectivity index (χ0n) is 19.1. The minimum Gasteiger partial charge on any atom is -0.497 e. The van der Waals surface area contributed by atoms with Gasteiger partial charge in [-0.1, -0.05) is 36.4 Å². The van der Waals surface area contributed by atoms with Crippen molar-refractivity contribution in [2.24, 2.45) is 0 Å². The summed E-state index contributed by atoms with van der Waals surface area (Å²) in [5.74, 6) is 0.387. The van der Waals surface area contributed by atoms with Gasteiger partial charge in [-0.2, -0.15) is 0 Å². The van der Waals surface area contributed by atoms with Crippen molar-refractivity contribution in [1.29, 1.82) is 0 Å². The Morgan fingerprint density at radius 2 is 1.71 bits per heavy atom. The highest BCUT2D eigenvalue weighted by molar-refractivity contribution is 7.92. The number of esters is 1. The molecule has 9 nitrogen and oxygen atoms in total. The number of carbonyl (C=O) groups is 1. The summed E-state index contributed by atoms with van der Waals surface area (Å²) in [4.78, 5) is 12.5. The zero-order chi connectivity index (χ0) is 24.8. The number of hydrogen-bond acceptors (Lipinski definition) is 8. The van der Waals surface area contributed by atoms with Gasteiger partial charge in [-0.15, -0.1) is 10.2 Å². The summed E-state index contributed by atoms with van der Waals surface area (Å²) in [7, 11) is -2.51. The van der Waals surface area contributed by atoms with E-state index in [4.69, 9.17) is 13.9 Å². The lowest BCUT2D eigenvalue weighted by Crippen LogP contribution is -2.30. The highest BCUT2D eigenvalue weighted by Crippen LogP contribution is 2.28. The summed E-state index contributed by atoms with van der Waals surface area (Å²) in [6.45, 7) is 1.50. The van der Waals surface area contributed by atoms with Crippen molar-refractivity contribution in [3.63, 3.8) is 0 Å². The van der Waals surface area contributed by atoms with Crippen LogP contribution in [0.3, 0.4) is 0 Å². The smallest absolute Gasteiger partial charge is 0.338 e. The van der Waals surface area contributed by atoms with Crippen LogP contribution in [-0.4, -0.2) is 31.7 Å². The third-order valence-electron chi connectivity index (χ3n) is 5.08. The molecule has 180 valence electrons. The molecular weight excluding hydrogens is 470 g/mol. The summed E-state index contributed by atoms with van der Waals surface area (Å²) >= 11 is 0. The maximum absolute atomic E-state index is 13.8. The topological polar surface area (TPSA) is 112 Å². The van der Waals surface area contributed by atoms with Crippen molar-refractivity contribution in [1.82, 2.24) is 10.2 Å². The van der Waals surface area contributed by atoms with Crippen molar-refractivity contribution in [2.75, 3.05) is 11.4 Å². The average molecular weight is 494 g/mol. The van der Waals surface area contributed by atoms with Gasteiger partial charge in [-0.05, 0) is 48.0 Å². The molecule has 0 saturated heterocycles. The Balaban J connectivity index is 1.63. The Morgan fingerprint density at radius 1 is 0.971 bits per heavy atom. The maximum atomic E-state index is 13.8. The highest BCUT2D eigenvalue weighted by atomic mass is 32.2. The van der Waals surface area contributed by atoms with E-state index in [1.54, 1.807) is 31.2 Å². The molecule has 4 rings (SSSR count). The van der Waals surface area contributed by atoms with Crippen LogP contribution in [0.5, 0.6) is 5.75 Å². The van der Waals surface area contributed by atoms with Gasteiger partial charge in [0.15, 0.2) is 6.61 Å². The summed E-state index contributed by atoms with van der Waals surface area (Å²) in [6, 6.07) is 21.7. The molecule has 0 aliphatic heterocycles. The number of hydrogen-bond donors (Lipinski definition) is 0. The van der Waals surface area contributed by atoms with Gasteiger partial charge in [-0.3, -0.25) is 4.31 Å². The number of sulfonamides is 1. The van der Waals surface area contributed by atoms with Crippen molar-refractivity contribution in [3.05, 3.63) is 102 Å². The Morgan fingerprint density at radius 3 is 2.37 bits per heavy atom. The lowest BCUT2D eigenvalue weighted by atomic mass is 10.2. The minimum absolute atomic E-state index is 0.0488. The fraction of sp³-hybridized carbons (Fsp3) is 0.160. The average Bonchev–Trinajstić information content (AvgIpc) is 3.31. The maximum Gasteiger partial charge on any atom is 0.338 e. The molecule has 35 heavy (non-hydrogen) atoms. The molecule has 0 aliphatic rings. The fourth-order valence-electron chi connectivity index (χ4n) is 3.33. The highest BCUT2D eigenvalue weighted by Gasteiger charge is 2.26. The van der Waals surface area contributed by atoms with Gasteiger partial charge in [0.05, 0.1) is 29.8 Å². The molecule has 3 aromatic carbocycles. The second-order valence-corrected chi connectivity index (χ2v) is 9.38. The quantitative estimate of drug-likeness (QED) is 0.320. The van der Waals surface area contributed by atoms with Crippen molar-refractivity contribution in [3.8, 4) is 5.75 Å². The minimum atomic E-state index is -4.05. The number of benzene rings is 3. The summed E-state index contributed by atoms with van der Waals surface area (Å²) in [5, 5.41) is 7.45. The van der Waals surface area contributed by atoms with Gasteiger partial charge in [0.25, 0.3) is 15.9 Å². The van der Waals surface area contributed by atoms with Crippen LogP contribution in [0.2, 0.25) is 0 Å². The second-order valence-electron chi connectivity index (χ2n) is 7.51. The van der Waals surface area contributed by atoms with Gasteiger partial charge < -0.3 is 13.9 Å². The van der Waals surface area contributed by atoms with Crippen LogP contribution in [0.4, 0.5) is 5.69 Å². The first kappa shape index (κ1) is 24.0. The lowest BCUT2D eigenvalue weighted by Gasteiger charge is -2.25. The summed E-state index contributed by atoms with van der Waals surface area (Å²) in [6.07, 6.45) is 0. The van der Waals surface area contributed by atoms with E-state index in [0.717, 1.165) is 5.56 Å². The molecule has 0 fully saturated rings. The number of anilines is 1. The van der Waals surface area contributed by atoms with E-state index < -0.39 is 16.0 Å². The number of rotatable bonds is 9. The van der Waals surface area contributed by atoms with E-state index in [9.17, 15) is 13.2 Å². The Labute approximate surface area is 203 Å². The van der Waals surface area contributed by atoms with Gasteiger partial charge in [-0.25, -0.2) is 13.2 Å². The van der Waals surface area contributed by atoms with E-state index in [1.165, 1.54) is 35.7 Å². The number of nitrogens with zero attached hydrogens (tertiary/aromatic N) is 3. The molecule has 0 radical (unpaired) electrons. The second kappa shape index (κ2) is 10.4. The molecule has 10 heteroatoms. The van der Waals surface area contributed by atoms with Crippen molar-refractivity contribution < 1.29 is 27.1 Å². The number of aromatic nitrogens is 2. The van der Waals surface area contributed by atoms with Gasteiger partial charge in [0, 0.05) is 6.92 Å². The van der Waals surface area contributed by atoms with E-state index in [1.807, 2.05) is 30.3 Å². The van der Waals surface area contributed by atoms with Crippen LogP contribution in [0.25, 0.3) is 0 Å². The predicted octanol–water partition coefficient (Wildman–Crippen LogP) is 4.14. The third kappa shape index (κ3) is 5.67. The normalized spacial score (nSPS) is 11.1. The number of carbonyl (C=O) groups excluding carboxylic acids is 1. The fourth-order valence-corrected chi connectivity index (χ4v) is 4.83. The van der Waals surface area contributed by atoms with Crippen LogP contribution in [-0.2, 0) is 27.9 Å². The molecule has 1 heterocycles. The van der Waals surface area contributed by atoms with E-state index in [-0.39, 0.29) is 29.5 Å². The van der Waals surface area contributed by atoms with Crippen molar-refractivity contribution >= 4 is 21.7 Å². The van der Waals surface area contributed by atoms with Crippen LogP contribution < -0.4 is 9.04 Å². The first-order chi connectivity index (χ1) is 16.9. The van der Waals surface area contributed by atoms with E-state index in [2.05, 4.69) is 10.2 Å². The largest absolute Gasteiger partial charge is 0.497 e. The molecule has 0 N–H and O–H groups in total. The molecule has 0 aliphatic carbocycles. The number of methoxy groups -OCH3 is 1. The molecule has 1 aromatic heterocycles. The van der Waals surface area contributed by atoms with Crippen LogP contribution in [0.15, 0.2) is 88.2 Å². The number of aryl methyl sites for hydroxylation is 1. The van der Waals surface area contributed by atoms with Crippen LogP contribution in [0.1, 0.15) is 27.7 Å². The molecule has 0 spiro atoms. The molecule has 0 amide bonds. The summed E-state index contributed by atoms with van der Waals surface area (Å²) in [5.41, 5.74) is 1.34. The van der Waals surface area contributed by atoms with E-state index >= 15 is 0 Å². The molecule has 0 atom stereocenters. The standard InChI is InChI=1S/C25H23N3O6S/c1-18-26-27-24(34-18)17-33-25(29)20-9-6-10-23(15-20)35(30,31)28(16-19-7-4-3-5-8-19)21-11-13-22(32-2)14-12-21/h3-15H,16-17H2,1-2H3. The first-order valence-electron chi connectivity index (χ1n) is 10.6. The van der Waals surface area contributed by atoms with Crippen LogP contribution >= 0.6 is 0 Å².